The highest BCUT2D eigenvalue weighted by molar-refractivity contribution is 6.32. The third kappa shape index (κ3) is 11.8. The average molecular weight is 1640 g/mol. The maximum absolute atomic E-state index is 6.94. The number of benzene rings is 12. The molecular formula is C113H111N3O8. The molecule has 0 saturated carbocycles. The zero-order chi connectivity index (χ0) is 85.4. The number of aryl methyl sites for hydroxylation is 16. The summed E-state index contributed by atoms with van der Waals surface area (Å²) in [7, 11) is 0. The van der Waals surface area contributed by atoms with Gasteiger partial charge in [0.15, 0.2) is 0 Å². The van der Waals surface area contributed by atoms with Crippen LogP contribution in [0.3, 0.4) is 0 Å². The lowest BCUT2D eigenvalue weighted by atomic mass is 9.72. The Morgan fingerprint density at radius 2 is 0.460 bits per heavy atom. The molecule has 0 spiro atoms. The summed E-state index contributed by atoms with van der Waals surface area (Å²) in [4.78, 5) is 8.29. The topological polar surface area (TPSA) is 115 Å². The Kier molecular flexibility index (Phi) is 20.6. The van der Waals surface area contributed by atoms with Crippen molar-refractivity contribution >= 4 is 171 Å². The first-order valence-corrected chi connectivity index (χ1v) is 46.2. The van der Waals surface area contributed by atoms with E-state index in [4.69, 9.17) is 35.3 Å². The molecule has 0 N–H and O–H groups in total. The largest absolute Gasteiger partial charge is 0.464 e. The molecule has 0 aliphatic rings. The highest BCUT2D eigenvalue weighted by Crippen LogP contribution is 2.61. The zero-order valence-corrected chi connectivity index (χ0v) is 74.8. The summed E-state index contributed by atoms with van der Waals surface area (Å²) in [5.74, 6) is -0.391. The number of nitrogens with zero attached hydrogens (tertiary/aromatic N) is 3. The first-order chi connectivity index (χ1) is 60.8. The monoisotopic (exact) mass is 1640 g/mol. The van der Waals surface area contributed by atoms with Crippen LogP contribution in [0.15, 0.2) is 219 Å². The molecule has 0 amide bonds. The Balaban J connectivity index is 1.10. The Labute approximate surface area is 725 Å². The van der Waals surface area contributed by atoms with Crippen molar-refractivity contribution in [1.29, 1.82) is 0 Å². The van der Waals surface area contributed by atoms with Gasteiger partial charge in [-0.05, 0) is 312 Å². The van der Waals surface area contributed by atoms with Gasteiger partial charge in [0.1, 0.15) is 44.7 Å². The van der Waals surface area contributed by atoms with Gasteiger partial charge in [-0.3, -0.25) is 0 Å². The SMILES string of the molecule is CCc1cc2occc2c(CC)c1C(c1c(CC)cc2ccoc2c1CC)c1cc(N(c2c(CC)cc3occc3c2CC)c2c(CC)cc3ccoc3c2CC)c2ccc3c(N(c4c(CC)cc5occc5c4CC)c4c(CC)cc5ccoc5c4CC)cc(N(c4c(CC)cc5occc5c4CC)c4c(CC)cc5ccoc5c4CC)c4ccc1c2c43. The summed E-state index contributed by atoms with van der Waals surface area (Å²) in [5.41, 5.74) is 40.5. The molecule has 20 aromatic rings. The molecule has 20 rings (SSSR count). The van der Waals surface area contributed by atoms with Crippen molar-refractivity contribution in [2.24, 2.45) is 0 Å². The van der Waals surface area contributed by atoms with Crippen LogP contribution in [0.5, 0.6) is 0 Å². The normalized spacial score (nSPS) is 12.5. The second-order valence-corrected chi connectivity index (χ2v) is 33.8. The smallest absolute Gasteiger partial charge is 0.139 e. The van der Waals surface area contributed by atoms with Crippen LogP contribution in [0.25, 0.3) is 120 Å². The molecule has 8 heterocycles. The Bertz CT molecular complexity index is 6330. The van der Waals surface area contributed by atoms with E-state index < -0.39 is 5.92 Å². The minimum Gasteiger partial charge on any atom is -0.464 e. The Hall–Kier alpha value is -12.6. The van der Waals surface area contributed by atoms with Crippen molar-refractivity contribution in [3.8, 4) is 0 Å². The molecule has 0 aliphatic carbocycles. The maximum atomic E-state index is 6.94. The van der Waals surface area contributed by atoms with Crippen molar-refractivity contribution in [3.63, 3.8) is 0 Å². The van der Waals surface area contributed by atoms with E-state index in [1.165, 1.54) is 99.8 Å². The molecule has 0 bridgehead atoms. The molecule has 11 heteroatoms. The maximum Gasteiger partial charge on any atom is 0.139 e. The van der Waals surface area contributed by atoms with Crippen molar-refractivity contribution in [3.05, 3.63) is 289 Å². The molecule has 1 atom stereocenters. The molecule has 8 aromatic heterocycles. The van der Waals surface area contributed by atoms with Crippen LogP contribution in [-0.4, -0.2) is 0 Å². The van der Waals surface area contributed by atoms with Gasteiger partial charge in [-0.2, -0.15) is 0 Å². The van der Waals surface area contributed by atoms with Gasteiger partial charge in [0, 0.05) is 87.2 Å². The Morgan fingerprint density at radius 3 is 0.790 bits per heavy atom. The predicted octanol–water partition coefficient (Wildman–Crippen LogP) is 33.1. The van der Waals surface area contributed by atoms with E-state index in [-0.39, 0.29) is 0 Å². The lowest BCUT2D eigenvalue weighted by Crippen LogP contribution is -2.22. The third-order valence-electron chi connectivity index (χ3n) is 28.1. The molecule has 626 valence electrons. The van der Waals surface area contributed by atoms with Gasteiger partial charge in [0.2, 0.25) is 0 Å². The van der Waals surface area contributed by atoms with Gasteiger partial charge >= 0.3 is 0 Å². The second kappa shape index (κ2) is 31.9. The van der Waals surface area contributed by atoms with Gasteiger partial charge in [0.05, 0.1) is 101 Å². The van der Waals surface area contributed by atoms with Crippen LogP contribution in [-0.2, 0) is 103 Å². The average Bonchev–Trinajstić information content (AvgIpc) is 0.818. The van der Waals surface area contributed by atoms with Gasteiger partial charge in [-0.25, -0.2) is 0 Å². The van der Waals surface area contributed by atoms with Crippen LogP contribution in [0, 0.1) is 0 Å². The minimum absolute atomic E-state index is 0.391. The van der Waals surface area contributed by atoms with Crippen LogP contribution < -0.4 is 14.7 Å². The van der Waals surface area contributed by atoms with Crippen molar-refractivity contribution in [2.45, 2.75) is 219 Å². The van der Waals surface area contributed by atoms with Crippen LogP contribution >= 0.6 is 0 Å². The van der Waals surface area contributed by atoms with E-state index in [0.29, 0.717) is 19.3 Å². The molecule has 0 aliphatic heterocycles. The molecule has 12 aromatic carbocycles. The van der Waals surface area contributed by atoms with Gasteiger partial charge in [-0.15, -0.1) is 0 Å². The zero-order valence-electron chi connectivity index (χ0n) is 74.8. The molecule has 1 unspecified atom stereocenters. The minimum atomic E-state index is -0.391. The molecule has 11 nitrogen and oxygen atoms in total. The predicted molar refractivity (Wildman–Crippen MR) is 516 cm³/mol. The standard InChI is InChI=1S/C113H111N3O8/c1-17-63-53-71-37-45-121-110(71)79(29-13)100(63)103(99-64(18-2)57-95-83(41-49-117-95)75(99)25-9)91-61-92(114(104-68(22-6)58-96-84(42-50-118-96)76(104)26-10)107-65(19-3)54-72-38-46-122-111(72)80(107)30-14)88-35-36-90-94(116(106-70(24-8)60-98-86(44-52-120-98)78(106)28-12)109-67(21-5)56-74-40-48-124-113(74)82(109)32-16)62-93(89-34-33-87(91)101(88)102(89)90)115(105-69(23-7)59-97-85(43-51-119-97)77(105)27-11)108-66(20-4)55-73-39-47-123-112(73)81(108)31-15/h33-62,103H,17-32H2,1-16H3. The summed E-state index contributed by atoms with van der Waals surface area (Å²) in [6, 6.07) is 52.1. The number of rotatable bonds is 28. The van der Waals surface area contributed by atoms with Crippen molar-refractivity contribution in [1.82, 2.24) is 0 Å². The van der Waals surface area contributed by atoms with Crippen molar-refractivity contribution in [2.75, 3.05) is 14.7 Å². The highest BCUT2D eigenvalue weighted by Gasteiger charge is 2.40. The summed E-state index contributed by atoms with van der Waals surface area (Å²) in [6.07, 6.45) is 26.9. The van der Waals surface area contributed by atoms with Gasteiger partial charge < -0.3 is 50.0 Å². The quantitative estimate of drug-likeness (QED) is 0.0345. The van der Waals surface area contributed by atoms with Crippen molar-refractivity contribution < 1.29 is 35.3 Å². The lowest BCUT2D eigenvalue weighted by molar-refractivity contribution is 0.609. The summed E-state index contributed by atoms with van der Waals surface area (Å²) < 4.78 is 54.2. The van der Waals surface area contributed by atoms with E-state index >= 15 is 0 Å². The molecule has 0 saturated heterocycles. The summed E-state index contributed by atoms with van der Waals surface area (Å²) in [5, 5.41) is 15.7. The number of anilines is 9. The fraction of sp³-hybridized carbons (Fsp3) is 0.292. The molecule has 124 heavy (non-hydrogen) atoms. The highest BCUT2D eigenvalue weighted by atomic mass is 16.3. The number of fused-ring (bicyclic) bond motifs is 8. The summed E-state index contributed by atoms with van der Waals surface area (Å²) >= 11 is 0. The summed E-state index contributed by atoms with van der Waals surface area (Å²) in [6.45, 7) is 37.4. The number of furan rings is 8. The van der Waals surface area contributed by atoms with E-state index in [9.17, 15) is 0 Å². The first-order valence-electron chi connectivity index (χ1n) is 46.2. The fourth-order valence-corrected chi connectivity index (χ4v) is 22.6. The van der Waals surface area contributed by atoms with Gasteiger partial charge in [-0.1, -0.05) is 135 Å². The first kappa shape index (κ1) is 79.8. The van der Waals surface area contributed by atoms with E-state index in [2.05, 4.69) is 259 Å². The number of hydrogen-bond donors (Lipinski definition) is 0. The molecular weight excluding hydrogens is 1530 g/mol. The van der Waals surface area contributed by atoms with Crippen LogP contribution in [0.2, 0.25) is 0 Å². The van der Waals surface area contributed by atoms with E-state index in [0.717, 1.165) is 261 Å². The van der Waals surface area contributed by atoms with Gasteiger partial charge in [0.25, 0.3) is 0 Å². The third-order valence-corrected chi connectivity index (χ3v) is 28.1. The fourth-order valence-electron chi connectivity index (χ4n) is 22.6. The van der Waals surface area contributed by atoms with Crippen LogP contribution in [0.4, 0.5) is 51.2 Å². The molecule has 0 radical (unpaired) electrons. The second-order valence-electron chi connectivity index (χ2n) is 33.8. The van der Waals surface area contributed by atoms with E-state index in [1.54, 1.807) is 0 Å². The Morgan fingerprint density at radius 1 is 0.210 bits per heavy atom. The lowest BCUT2D eigenvalue weighted by Gasteiger charge is -2.38. The van der Waals surface area contributed by atoms with Crippen LogP contribution in [0.1, 0.15) is 222 Å². The molecule has 0 fully saturated rings. The van der Waals surface area contributed by atoms with E-state index in [1.807, 2.05) is 50.1 Å². The number of hydrogen-bond acceptors (Lipinski definition) is 11.